The molecule has 2 aliphatic heterocycles. The molecule has 0 spiro atoms. The van der Waals surface area contributed by atoms with Gasteiger partial charge in [0.2, 0.25) is 0 Å². The lowest BCUT2D eigenvalue weighted by atomic mass is 10.1. The summed E-state index contributed by atoms with van der Waals surface area (Å²) >= 11 is 11.6. The maximum Gasteiger partial charge on any atom is 0.330 e. The first-order chi connectivity index (χ1) is 20.5. The number of carbonyl (C=O) groups is 2. The lowest BCUT2D eigenvalue weighted by molar-refractivity contribution is -0.146. The van der Waals surface area contributed by atoms with E-state index in [1.54, 1.807) is 23.5 Å². The first kappa shape index (κ1) is 36.1. The zero-order chi connectivity index (χ0) is 30.0. The summed E-state index contributed by atoms with van der Waals surface area (Å²) in [6, 6.07) is 8.07. The summed E-state index contributed by atoms with van der Waals surface area (Å²) in [6.07, 6.45) is 3.91. The van der Waals surface area contributed by atoms with Gasteiger partial charge in [0.15, 0.2) is 0 Å². The second-order valence-corrected chi connectivity index (χ2v) is 17.7. The fraction of sp³-hybridized carbons (Fsp3) is 0.600. The molecule has 0 amide bonds. The predicted molar refractivity (Wildman–Crippen MR) is 187 cm³/mol. The highest BCUT2D eigenvalue weighted by Gasteiger charge is 2.24. The van der Waals surface area contributed by atoms with Crippen LogP contribution in [-0.2, 0) is 41.8 Å². The van der Waals surface area contributed by atoms with Crippen LogP contribution in [0.25, 0.3) is 0 Å². The smallest absolute Gasteiger partial charge is 0.330 e. The van der Waals surface area contributed by atoms with Crippen molar-refractivity contribution in [2.45, 2.75) is 59.8 Å². The lowest BCUT2D eigenvalue weighted by Gasteiger charge is -2.24. The minimum atomic E-state index is -0.444. The molecule has 2 saturated heterocycles. The first-order valence-corrected chi connectivity index (χ1v) is 20.5. The van der Waals surface area contributed by atoms with E-state index in [1.807, 2.05) is 72.2 Å². The molecule has 0 bridgehead atoms. The van der Waals surface area contributed by atoms with Crippen LogP contribution in [-0.4, -0.2) is 85.6 Å². The summed E-state index contributed by atoms with van der Waals surface area (Å²) in [5.74, 6) is 6.71. The van der Waals surface area contributed by atoms with Gasteiger partial charge in [-0.25, -0.2) is 9.59 Å². The van der Waals surface area contributed by atoms with E-state index in [-0.39, 0.29) is 11.5 Å². The van der Waals surface area contributed by atoms with Crippen molar-refractivity contribution >= 4 is 82.5 Å². The first-order valence-electron chi connectivity index (χ1n) is 14.1. The van der Waals surface area contributed by atoms with Crippen molar-refractivity contribution in [3.63, 3.8) is 0 Å². The molecule has 12 heteroatoms. The quantitative estimate of drug-likeness (QED) is 0.0571. The molecule has 0 radical (unpaired) electrons. The van der Waals surface area contributed by atoms with Crippen molar-refractivity contribution in [3.05, 3.63) is 60.7 Å². The van der Waals surface area contributed by atoms with E-state index in [1.165, 1.54) is 35.2 Å². The van der Waals surface area contributed by atoms with Crippen molar-refractivity contribution < 1.29 is 28.5 Å². The number of benzene rings is 1. The zero-order valence-corrected chi connectivity index (χ0v) is 29.0. The summed E-state index contributed by atoms with van der Waals surface area (Å²) < 4.78 is 24.6. The Balaban J connectivity index is 1.45. The second kappa shape index (κ2) is 21.4. The highest BCUT2D eigenvalue weighted by molar-refractivity contribution is 8.20. The molecule has 0 aromatic heterocycles. The van der Waals surface area contributed by atoms with Gasteiger partial charge in [0.1, 0.15) is 17.6 Å². The molecule has 2 aliphatic rings. The number of ether oxygens (including phenoxy) is 4. The third kappa shape index (κ3) is 14.6. The Hall–Kier alpha value is -0.340. The van der Waals surface area contributed by atoms with E-state index in [9.17, 15) is 9.59 Å². The molecule has 3 rings (SSSR count). The largest absolute Gasteiger partial charge is 0.456 e. The fourth-order valence-electron chi connectivity index (χ4n) is 4.05. The average Bonchev–Trinajstić information content (AvgIpc) is 3.71. The molecule has 0 aliphatic carbocycles. The Morgan fingerprint density at radius 1 is 0.929 bits per heavy atom. The van der Waals surface area contributed by atoms with Gasteiger partial charge in [0, 0.05) is 40.9 Å². The molecule has 1 aromatic rings. The monoisotopic (exact) mass is 690 g/mol. The van der Waals surface area contributed by atoms with Crippen LogP contribution in [0.2, 0.25) is 0 Å². The molecular formula is C30H42O6S6. The third-order valence-corrected chi connectivity index (χ3v) is 14.9. The van der Waals surface area contributed by atoms with Crippen LogP contribution >= 0.6 is 70.6 Å². The summed E-state index contributed by atoms with van der Waals surface area (Å²) in [5.41, 5.74) is 1.74. The summed E-state index contributed by atoms with van der Waals surface area (Å²) in [4.78, 5) is 23.7. The van der Waals surface area contributed by atoms with Crippen LogP contribution in [0.3, 0.4) is 0 Å². The van der Waals surface area contributed by atoms with Gasteiger partial charge in [0.05, 0.1) is 29.0 Å². The molecule has 1 aromatic carbocycles. The number of hydrogen-bond acceptors (Lipinski definition) is 12. The molecule has 2 heterocycles. The highest BCUT2D eigenvalue weighted by Crippen LogP contribution is 2.36. The summed E-state index contributed by atoms with van der Waals surface area (Å²) in [7, 11) is 0. The van der Waals surface area contributed by atoms with Crippen molar-refractivity contribution in [1.29, 1.82) is 0 Å². The molecule has 0 saturated carbocycles. The van der Waals surface area contributed by atoms with Crippen LogP contribution in [0.4, 0.5) is 0 Å². The summed E-state index contributed by atoms with van der Waals surface area (Å²) in [6.45, 7) is 10.0. The average molecular weight is 691 g/mol. The fourth-order valence-corrected chi connectivity index (χ4v) is 12.4. The van der Waals surface area contributed by atoms with E-state index in [4.69, 9.17) is 18.9 Å². The molecule has 42 heavy (non-hydrogen) atoms. The van der Waals surface area contributed by atoms with Crippen LogP contribution in [0.5, 0.6) is 0 Å². The number of rotatable bonds is 21. The summed E-state index contributed by atoms with van der Waals surface area (Å²) in [5, 5.41) is 0. The molecule has 234 valence electrons. The molecule has 3 atom stereocenters. The standard InChI is InChI=1S/C30H42O6S6/c1-4-26(31)35-22(3)30(42-12-10-29-40-15-16-41-29)34-19-24-8-6-7-23(17-24)18-33-20-25(36-27(32)5-2)21-37-11-9-28-38-13-14-39-28/h4-8,17,22,25,28-30H,1-2,9-16,18-21H2,3H3. The number of carbonyl (C=O) groups excluding carboxylic acids is 2. The number of hydrogen-bond donors (Lipinski definition) is 0. The van der Waals surface area contributed by atoms with Crippen LogP contribution in [0.15, 0.2) is 49.6 Å². The van der Waals surface area contributed by atoms with Gasteiger partial charge in [-0.2, -0.15) is 11.8 Å². The van der Waals surface area contributed by atoms with E-state index < -0.39 is 18.0 Å². The Bertz CT molecular complexity index is 969. The predicted octanol–water partition coefficient (Wildman–Crippen LogP) is 7.12. The molecule has 3 unspecified atom stereocenters. The Labute approximate surface area is 276 Å². The zero-order valence-electron chi connectivity index (χ0n) is 24.1. The van der Waals surface area contributed by atoms with Gasteiger partial charge in [-0.15, -0.1) is 58.8 Å². The molecule has 0 N–H and O–H groups in total. The van der Waals surface area contributed by atoms with Gasteiger partial charge in [-0.3, -0.25) is 0 Å². The highest BCUT2D eigenvalue weighted by atomic mass is 32.2. The van der Waals surface area contributed by atoms with E-state index in [0.717, 1.165) is 35.5 Å². The lowest BCUT2D eigenvalue weighted by Crippen LogP contribution is -2.28. The van der Waals surface area contributed by atoms with Crippen molar-refractivity contribution in [3.8, 4) is 0 Å². The second-order valence-electron chi connectivity index (χ2n) is 9.49. The third-order valence-electron chi connectivity index (χ3n) is 6.10. The van der Waals surface area contributed by atoms with Crippen LogP contribution in [0, 0.1) is 0 Å². The van der Waals surface area contributed by atoms with E-state index >= 15 is 0 Å². The maximum atomic E-state index is 11.9. The van der Waals surface area contributed by atoms with E-state index in [2.05, 4.69) is 19.2 Å². The Morgan fingerprint density at radius 2 is 1.52 bits per heavy atom. The van der Waals surface area contributed by atoms with Crippen LogP contribution < -0.4 is 0 Å². The molecule has 2 fully saturated rings. The van der Waals surface area contributed by atoms with Crippen LogP contribution in [0.1, 0.15) is 30.9 Å². The Morgan fingerprint density at radius 3 is 2.17 bits per heavy atom. The topological polar surface area (TPSA) is 71.1 Å². The minimum Gasteiger partial charge on any atom is -0.456 e. The number of thioether (sulfide) groups is 6. The van der Waals surface area contributed by atoms with Gasteiger partial charge in [-0.1, -0.05) is 37.4 Å². The van der Waals surface area contributed by atoms with Gasteiger partial charge in [-0.05, 0) is 42.4 Å². The Kier molecular flexibility index (Phi) is 18.4. The van der Waals surface area contributed by atoms with Crippen molar-refractivity contribution in [1.82, 2.24) is 0 Å². The minimum absolute atomic E-state index is 0.283. The van der Waals surface area contributed by atoms with Crippen molar-refractivity contribution in [2.24, 2.45) is 0 Å². The van der Waals surface area contributed by atoms with E-state index in [0.29, 0.717) is 34.7 Å². The van der Waals surface area contributed by atoms with Gasteiger partial charge < -0.3 is 18.9 Å². The maximum absolute atomic E-state index is 11.9. The SMILES string of the molecule is C=CC(=O)OC(COCc1cccc(COC(SCCC2SCCS2)C(C)OC(=O)C=C)c1)CSCCC1SCCS1. The number of esters is 2. The normalized spacial score (nSPS) is 17.9. The molecular weight excluding hydrogens is 649 g/mol. The van der Waals surface area contributed by atoms with Gasteiger partial charge >= 0.3 is 11.9 Å². The van der Waals surface area contributed by atoms with Gasteiger partial charge in [0.25, 0.3) is 0 Å². The molecule has 6 nitrogen and oxygen atoms in total. The van der Waals surface area contributed by atoms with Crippen molar-refractivity contribution in [2.75, 3.05) is 46.9 Å².